The second-order valence-electron chi connectivity index (χ2n) is 6.09. The van der Waals surface area contributed by atoms with Crippen LogP contribution in [0, 0.1) is 0 Å². The Labute approximate surface area is 160 Å². The Morgan fingerprint density at radius 2 is 1.71 bits per heavy atom. The summed E-state index contributed by atoms with van der Waals surface area (Å²) in [5, 5.41) is 18.6. The van der Waals surface area contributed by atoms with Crippen molar-refractivity contribution in [1.29, 1.82) is 0 Å². The van der Waals surface area contributed by atoms with Gasteiger partial charge in [-0.05, 0) is 42.0 Å². The van der Waals surface area contributed by atoms with E-state index in [-0.39, 0.29) is 10.6 Å². The molecule has 0 radical (unpaired) electrons. The van der Waals surface area contributed by atoms with Crippen LogP contribution in [0.2, 0.25) is 0 Å². The van der Waals surface area contributed by atoms with Crippen molar-refractivity contribution in [3.8, 4) is 16.9 Å². The van der Waals surface area contributed by atoms with Gasteiger partial charge in [-0.25, -0.2) is 23.5 Å². The minimum absolute atomic E-state index is 0.0295. The number of hydrogen-bond donors (Lipinski definition) is 3. The number of aromatic nitrogens is 3. The molecule has 0 saturated heterocycles. The third-order valence-electron chi connectivity index (χ3n) is 4.08. The van der Waals surface area contributed by atoms with Crippen molar-refractivity contribution in [1.82, 2.24) is 15.0 Å². The lowest BCUT2D eigenvalue weighted by atomic mass is 10.1. The van der Waals surface area contributed by atoms with Crippen molar-refractivity contribution in [2.45, 2.75) is 4.90 Å². The fraction of sp³-hybridized carbons (Fsp3) is 0. The maximum absolute atomic E-state index is 11.3. The van der Waals surface area contributed by atoms with Crippen LogP contribution >= 0.6 is 0 Å². The predicted molar refractivity (Wildman–Crippen MR) is 106 cm³/mol. The first kappa shape index (κ1) is 17.8. The Hall–Kier alpha value is -3.56. The van der Waals surface area contributed by atoms with Gasteiger partial charge in [0.2, 0.25) is 16.0 Å². The van der Waals surface area contributed by atoms with Crippen LogP contribution in [0.3, 0.4) is 0 Å². The second-order valence-corrected chi connectivity index (χ2v) is 7.65. The lowest BCUT2D eigenvalue weighted by Gasteiger charge is -2.08. The van der Waals surface area contributed by atoms with E-state index < -0.39 is 10.0 Å². The molecule has 8 nitrogen and oxygen atoms in total. The molecule has 140 valence electrons. The van der Waals surface area contributed by atoms with Gasteiger partial charge < -0.3 is 10.4 Å². The normalized spacial score (nSPS) is 11.5. The molecule has 2 heterocycles. The number of aromatic hydroxyl groups is 1. The highest BCUT2D eigenvalue weighted by atomic mass is 32.2. The zero-order valence-corrected chi connectivity index (χ0v) is 15.3. The highest BCUT2D eigenvalue weighted by molar-refractivity contribution is 7.89. The summed E-state index contributed by atoms with van der Waals surface area (Å²) in [6, 6.07) is 13.3. The van der Waals surface area contributed by atoms with E-state index in [1.807, 2.05) is 18.2 Å². The first-order valence-corrected chi connectivity index (χ1v) is 9.74. The van der Waals surface area contributed by atoms with Gasteiger partial charge in [-0.1, -0.05) is 12.1 Å². The van der Waals surface area contributed by atoms with E-state index in [0.29, 0.717) is 17.2 Å². The topological polar surface area (TPSA) is 131 Å². The van der Waals surface area contributed by atoms with E-state index >= 15 is 0 Å². The van der Waals surface area contributed by atoms with Crippen LogP contribution in [0.4, 0.5) is 11.6 Å². The van der Waals surface area contributed by atoms with Gasteiger partial charge in [-0.3, -0.25) is 4.98 Å². The molecular formula is C19H15N5O3S. The number of sulfonamides is 1. The Bertz CT molecular complexity index is 1270. The number of primary sulfonamides is 1. The summed E-state index contributed by atoms with van der Waals surface area (Å²) in [4.78, 5) is 12.8. The molecular weight excluding hydrogens is 378 g/mol. The van der Waals surface area contributed by atoms with Crippen LogP contribution < -0.4 is 10.5 Å². The Morgan fingerprint density at radius 1 is 0.929 bits per heavy atom. The number of rotatable bonds is 4. The van der Waals surface area contributed by atoms with Crippen molar-refractivity contribution in [3.05, 3.63) is 67.1 Å². The first-order valence-electron chi connectivity index (χ1n) is 8.19. The minimum Gasteiger partial charge on any atom is -0.506 e. The van der Waals surface area contributed by atoms with E-state index in [0.717, 1.165) is 16.5 Å². The lowest BCUT2D eigenvalue weighted by molar-refractivity contribution is 0.473. The predicted octanol–water partition coefficient (Wildman–Crippen LogP) is 2.79. The molecule has 0 unspecified atom stereocenters. The van der Waals surface area contributed by atoms with Crippen molar-refractivity contribution >= 4 is 32.6 Å². The van der Waals surface area contributed by atoms with Crippen LogP contribution in [0.25, 0.3) is 22.0 Å². The number of fused-ring (bicyclic) bond motifs is 1. The summed E-state index contributed by atoms with van der Waals surface area (Å²) in [5.74, 6) is 0.452. The minimum atomic E-state index is -3.74. The fourth-order valence-electron chi connectivity index (χ4n) is 2.71. The van der Waals surface area contributed by atoms with Gasteiger partial charge in [-0.2, -0.15) is 0 Å². The molecule has 9 heteroatoms. The van der Waals surface area contributed by atoms with Crippen LogP contribution in [0.15, 0.2) is 72.0 Å². The zero-order valence-electron chi connectivity index (χ0n) is 14.4. The van der Waals surface area contributed by atoms with Crippen molar-refractivity contribution < 1.29 is 13.5 Å². The third kappa shape index (κ3) is 3.75. The number of nitrogens with one attached hydrogen (secondary N) is 1. The van der Waals surface area contributed by atoms with E-state index in [4.69, 9.17) is 5.14 Å². The van der Waals surface area contributed by atoms with Crippen molar-refractivity contribution in [2.75, 3.05) is 5.32 Å². The van der Waals surface area contributed by atoms with Crippen LogP contribution in [-0.4, -0.2) is 28.5 Å². The third-order valence-corrected chi connectivity index (χ3v) is 5.01. The summed E-state index contributed by atoms with van der Waals surface area (Å²) in [5.41, 5.74) is 2.96. The molecule has 0 aliphatic rings. The maximum Gasteiger partial charge on any atom is 0.238 e. The molecule has 28 heavy (non-hydrogen) atoms. The summed E-state index contributed by atoms with van der Waals surface area (Å²) in [7, 11) is -3.74. The molecule has 4 N–H and O–H groups in total. The quantitative estimate of drug-likeness (QED) is 0.486. The molecule has 0 aliphatic carbocycles. The smallest absolute Gasteiger partial charge is 0.238 e. The van der Waals surface area contributed by atoms with Gasteiger partial charge in [0.15, 0.2) is 0 Å². The van der Waals surface area contributed by atoms with Gasteiger partial charge in [0, 0.05) is 29.0 Å². The molecule has 4 aromatic rings. The molecule has 0 amide bonds. The number of nitrogens with zero attached hydrogens (tertiary/aromatic N) is 3. The number of benzene rings is 2. The van der Waals surface area contributed by atoms with Crippen LogP contribution in [0.1, 0.15) is 0 Å². The van der Waals surface area contributed by atoms with E-state index in [1.54, 1.807) is 30.6 Å². The number of hydrogen-bond acceptors (Lipinski definition) is 7. The largest absolute Gasteiger partial charge is 0.506 e. The molecule has 0 aliphatic heterocycles. The molecule has 2 aromatic carbocycles. The first-order chi connectivity index (χ1) is 13.4. The Kier molecular flexibility index (Phi) is 4.38. The lowest BCUT2D eigenvalue weighted by Crippen LogP contribution is -2.11. The van der Waals surface area contributed by atoms with Gasteiger partial charge >= 0.3 is 0 Å². The molecule has 0 bridgehead atoms. The SMILES string of the molecule is NS(=O)(=O)c1ccc(Nc2ncc3ccc(-c4cncc(O)c4)cc3n2)cc1. The molecule has 0 spiro atoms. The summed E-state index contributed by atoms with van der Waals surface area (Å²) >= 11 is 0. The van der Waals surface area contributed by atoms with E-state index in [2.05, 4.69) is 20.3 Å². The average Bonchev–Trinajstić information content (AvgIpc) is 2.67. The molecule has 4 rings (SSSR count). The molecule has 0 saturated carbocycles. The average molecular weight is 393 g/mol. The summed E-state index contributed by atoms with van der Waals surface area (Å²) in [6.45, 7) is 0. The fourth-order valence-corrected chi connectivity index (χ4v) is 3.22. The maximum atomic E-state index is 11.3. The summed E-state index contributed by atoms with van der Waals surface area (Å²) < 4.78 is 22.7. The molecule has 0 atom stereocenters. The number of pyridine rings is 1. The van der Waals surface area contributed by atoms with Crippen molar-refractivity contribution in [2.24, 2.45) is 5.14 Å². The van der Waals surface area contributed by atoms with Gasteiger partial charge in [0.25, 0.3) is 0 Å². The monoisotopic (exact) mass is 393 g/mol. The van der Waals surface area contributed by atoms with Crippen LogP contribution in [-0.2, 0) is 10.0 Å². The highest BCUT2D eigenvalue weighted by Crippen LogP contribution is 2.26. The standard InChI is InChI=1S/C19H15N5O3S/c20-28(26,27)17-5-3-15(4-6-17)23-19-22-10-13-2-1-12(8-18(13)24-19)14-7-16(25)11-21-9-14/h1-11,25H,(H2,20,26,27)(H,22,23,24). The van der Waals surface area contributed by atoms with Crippen LogP contribution in [0.5, 0.6) is 5.75 Å². The highest BCUT2D eigenvalue weighted by Gasteiger charge is 2.08. The molecule has 2 aromatic heterocycles. The van der Waals surface area contributed by atoms with Gasteiger partial charge in [0.05, 0.1) is 16.6 Å². The summed E-state index contributed by atoms with van der Waals surface area (Å²) in [6.07, 6.45) is 4.72. The number of anilines is 2. The van der Waals surface area contributed by atoms with Gasteiger partial charge in [0.1, 0.15) is 5.75 Å². The second kappa shape index (κ2) is 6.87. The number of nitrogens with two attached hydrogens (primary N) is 1. The zero-order chi connectivity index (χ0) is 19.7. The van der Waals surface area contributed by atoms with E-state index in [1.165, 1.54) is 18.3 Å². The Balaban J connectivity index is 1.65. The van der Waals surface area contributed by atoms with Gasteiger partial charge in [-0.15, -0.1) is 0 Å². The van der Waals surface area contributed by atoms with Crippen molar-refractivity contribution in [3.63, 3.8) is 0 Å². The molecule has 0 fully saturated rings. The Morgan fingerprint density at radius 3 is 2.43 bits per heavy atom. The van der Waals surface area contributed by atoms with E-state index in [9.17, 15) is 13.5 Å².